The molecule has 3 aromatic heterocycles. The molecule has 3 heterocycles. The number of nitrogens with zero attached hydrogens (tertiary/aromatic N) is 2. The summed E-state index contributed by atoms with van der Waals surface area (Å²) < 4.78 is 7.58. The predicted molar refractivity (Wildman–Crippen MR) is 99.4 cm³/mol. The summed E-state index contributed by atoms with van der Waals surface area (Å²) in [5, 5.41) is 3.60. The van der Waals surface area contributed by atoms with Gasteiger partial charge in [0.1, 0.15) is 24.1 Å². The molecule has 1 atom stereocenters. The van der Waals surface area contributed by atoms with Gasteiger partial charge in [-0.2, -0.15) is 0 Å². The van der Waals surface area contributed by atoms with Crippen LogP contribution in [0.15, 0.2) is 30.6 Å². The molecule has 0 saturated heterocycles. The first kappa shape index (κ1) is 17.9. The van der Waals surface area contributed by atoms with Gasteiger partial charge in [-0.05, 0) is 44.5 Å². The maximum absolute atomic E-state index is 12.6. The summed E-state index contributed by atoms with van der Waals surface area (Å²) in [5.74, 6) is -0.305. The third-order valence-electron chi connectivity index (χ3n) is 3.97. The number of aromatic nitrogens is 2. The van der Waals surface area contributed by atoms with Crippen LogP contribution in [0.4, 0.5) is 0 Å². The van der Waals surface area contributed by atoms with Crippen LogP contribution in [0.2, 0.25) is 0 Å². The van der Waals surface area contributed by atoms with Crippen molar-refractivity contribution in [1.82, 2.24) is 14.7 Å². The summed E-state index contributed by atoms with van der Waals surface area (Å²) in [6, 6.07) is 4.90. The summed E-state index contributed by atoms with van der Waals surface area (Å²) >= 11 is 1.58. The summed E-state index contributed by atoms with van der Waals surface area (Å²) in [4.78, 5) is 29.0. The number of nitrogens with two attached hydrogens (primary N) is 1. The zero-order valence-corrected chi connectivity index (χ0v) is 15.6. The molecule has 1 unspecified atom stereocenters. The van der Waals surface area contributed by atoms with Crippen LogP contribution in [-0.4, -0.2) is 27.2 Å². The Morgan fingerprint density at radius 1 is 1.38 bits per heavy atom. The van der Waals surface area contributed by atoms with Crippen LogP contribution in [0.1, 0.15) is 32.9 Å². The van der Waals surface area contributed by atoms with Crippen LogP contribution in [0.3, 0.4) is 0 Å². The van der Waals surface area contributed by atoms with Gasteiger partial charge >= 0.3 is 0 Å². The number of thiazole rings is 1. The molecule has 0 aromatic carbocycles. The number of pyridine rings is 1. The maximum atomic E-state index is 12.6. The van der Waals surface area contributed by atoms with Gasteiger partial charge in [0.05, 0.1) is 16.1 Å². The molecule has 7 nitrogen and oxygen atoms in total. The Hall–Kier alpha value is -2.87. The van der Waals surface area contributed by atoms with Crippen LogP contribution < -0.4 is 15.8 Å². The number of carbonyl (C=O) groups excluding carboxylic acids is 2. The lowest BCUT2D eigenvalue weighted by Gasteiger charge is -2.12. The molecule has 0 bridgehead atoms. The Morgan fingerprint density at radius 2 is 2.15 bits per heavy atom. The lowest BCUT2D eigenvalue weighted by atomic mass is 10.2. The SMILES string of the molecule is Cc1ncc(COc2ccc3cc(C)c(C(=O)NC(C)C(N)=O)n3c2)s1. The number of aryl methyl sites for hydroxylation is 2. The van der Waals surface area contributed by atoms with Gasteiger partial charge in [-0.25, -0.2) is 4.98 Å². The van der Waals surface area contributed by atoms with E-state index in [1.807, 2.05) is 32.0 Å². The molecule has 3 aromatic rings. The summed E-state index contributed by atoms with van der Waals surface area (Å²) in [6.07, 6.45) is 3.56. The maximum Gasteiger partial charge on any atom is 0.269 e. The molecule has 3 N–H and O–H groups in total. The van der Waals surface area contributed by atoms with E-state index in [2.05, 4.69) is 10.3 Å². The highest BCUT2D eigenvalue weighted by atomic mass is 32.1. The number of hydrogen-bond donors (Lipinski definition) is 2. The largest absolute Gasteiger partial charge is 0.486 e. The van der Waals surface area contributed by atoms with Crippen molar-refractivity contribution in [3.63, 3.8) is 0 Å². The highest BCUT2D eigenvalue weighted by molar-refractivity contribution is 7.11. The van der Waals surface area contributed by atoms with Crippen molar-refractivity contribution < 1.29 is 14.3 Å². The van der Waals surface area contributed by atoms with Gasteiger partial charge in [-0.15, -0.1) is 11.3 Å². The monoisotopic (exact) mass is 372 g/mol. The van der Waals surface area contributed by atoms with Crippen molar-refractivity contribution in [2.75, 3.05) is 0 Å². The first-order valence-corrected chi connectivity index (χ1v) is 8.93. The Morgan fingerprint density at radius 3 is 2.81 bits per heavy atom. The molecule has 0 aliphatic carbocycles. The predicted octanol–water partition coefficient (Wildman–Crippen LogP) is 2.20. The van der Waals surface area contributed by atoms with Crippen LogP contribution in [0, 0.1) is 13.8 Å². The molecule has 0 saturated carbocycles. The second-order valence-corrected chi connectivity index (χ2v) is 7.39. The van der Waals surface area contributed by atoms with E-state index >= 15 is 0 Å². The van der Waals surface area contributed by atoms with E-state index < -0.39 is 11.9 Å². The third-order valence-corrected chi connectivity index (χ3v) is 4.86. The molecule has 136 valence electrons. The number of carbonyl (C=O) groups is 2. The number of hydrogen-bond acceptors (Lipinski definition) is 5. The van der Waals surface area contributed by atoms with Gasteiger partial charge in [-0.1, -0.05) is 0 Å². The molecule has 26 heavy (non-hydrogen) atoms. The van der Waals surface area contributed by atoms with Crippen LogP contribution in [0.25, 0.3) is 5.52 Å². The zero-order chi connectivity index (χ0) is 18.8. The second kappa shape index (κ2) is 7.17. The number of nitrogens with one attached hydrogen (secondary N) is 1. The lowest BCUT2D eigenvalue weighted by Crippen LogP contribution is -2.42. The fourth-order valence-electron chi connectivity index (χ4n) is 2.62. The minimum Gasteiger partial charge on any atom is -0.486 e. The Kier molecular flexibility index (Phi) is 4.94. The van der Waals surface area contributed by atoms with Crippen LogP contribution in [-0.2, 0) is 11.4 Å². The van der Waals surface area contributed by atoms with E-state index in [1.165, 1.54) is 0 Å². The summed E-state index contributed by atoms with van der Waals surface area (Å²) in [5.41, 5.74) is 7.34. The molecule has 0 spiro atoms. The number of fused-ring (bicyclic) bond motifs is 1. The minimum absolute atomic E-state index is 0.357. The average Bonchev–Trinajstić information content (AvgIpc) is 3.14. The van der Waals surface area contributed by atoms with Crippen LogP contribution >= 0.6 is 11.3 Å². The molecule has 0 fully saturated rings. The highest BCUT2D eigenvalue weighted by Gasteiger charge is 2.19. The van der Waals surface area contributed by atoms with E-state index in [9.17, 15) is 9.59 Å². The van der Waals surface area contributed by atoms with Crippen molar-refractivity contribution >= 4 is 28.7 Å². The van der Waals surface area contributed by atoms with Gasteiger partial charge in [0.25, 0.3) is 5.91 Å². The molecule has 8 heteroatoms. The number of amides is 2. The van der Waals surface area contributed by atoms with Crippen molar-refractivity contribution in [2.45, 2.75) is 33.4 Å². The van der Waals surface area contributed by atoms with Crippen molar-refractivity contribution in [3.05, 3.63) is 51.7 Å². The fourth-order valence-corrected chi connectivity index (χ4v) is 3.33. The van der Waals surface area contributed by atoms with Gasteiger partial charge in [0, 0.05) is 11.7 Å². The third kappa shape index (κ3) is 3.70. The fraction of sp³-hybridized carbons (Fsp3) is 0.278. The van der Waals surface area contributed by atoms with Crippen LogP contribution in [0.5, 0.6) is 5.75 Å². The summed E-state index contributed by atoms with van der Waals surface area (Å²) in [6.45, 7) is 5.76. The lowest BCUT2D eigenvalue weighted by molar-refractivity contribution is -0.119. The zero-order valence-electron chi connectivity index (χ0n) is 14.8. The van der Waals surface area contributed by atoms with Crippen molar-refractivity contribution in [3.8, 4) is 5.75 Å². The van der Waals surface area contributed by atoms with Gasteiger partial charge in [-0.3, -0.25) is 9.59 Å². The van der Waals surface area contributed by atoms with E-state index in [4.69, 9.17) is 10.5 Å². The first-order valence-electron chi connectivity index (χ1n) is 8.11. The molecule has 3 rings (SSSR count). The van der Waals surface area contributed by atoms with Gasteiger partial charge in [0.15, 0.2) is 0 Å². The van der Waals surface area contributed by atoms with E-state index in [1.54, 1.807) is 35.1 Å². The Balaban J connectivity index is 1.85. The Labute approximate surface area is 154 Å². The van der Waals surface area contributed by atoms with Gasteiger partial charge in [0.2, 0.25) is 5.91 Å². The van der Waals surface area contributed by atoms with E-state index in [0.717, 1.165) is 21.0 Å². The average molecular weight is 372 g/mol. The molecule has 0 radical (unpaired) electrons. The smallest absolute Gasteiger partial charge is 0.269 e. The molecule has 0 aliphatic heterocycles. The minimum atomic E-state index is -0.749. The standard InChI is InChI=1S/C18H20N4O3S/c1-10-6-13-4-5-14(25-9-15-7-20-12(3)26-15)8-22(13)16(10)18(24)21-11(2)17(19)23/h4-8,11H,9H2,1-3H3,(H2,19,23)(H,21,24). The number of rotatable bonds is 6. The number of primary amides is 1. The van der Waals surface area contributed by atoms with E-state index in [0.29, 0.717) is 18.1 Å². The second-order valence-electron chi connectivity index (χ2n) is 6.07. The summed E-state index contributed by atoms with van der Waals surface area (Å²) in [7, 11) is 0. The molecular formula is C18H20N4O3S. The molecular weight excluding hydrogens is 352 g/mol. The number of ether oxygens (including phenoxy) is 1. The normalized spacial score (nSPS) is 12.1. The molecule has 0 aliphatic rings. The van der Waals surface area contributed by atoms with Crippen molar-refractivity contribution in [1.29, 1.82) is 0 Å². The van der Waals surface area contributed by atoms with Crippen molar-refractivity contribution in [2.24, 2.45) is 5.73 Å². The topological polar surface area (TPSA) is 98.7 Å². The Bertz CT molecular complexity index is 976. The quantitative estimate of drug-likeness (QED) is 0.693. The first-order chi connectivity index (χ1) is 12.3. The van der Waals surface area contributed by atoms with E-state index in [-0.39, 0.29) is 5.91 Å². The highest BCUT2D eigenvalue weighted by Crippen LogP contribution is 2.22. The van der Waals surface area contributed by atoms with Gasteiger partial charge < -0.3 is 20.2 Å². The molecule has 2 amide bonds.